The highest BCUT2D eigenvalue weighted by atomic mass is 32.2. The largest absolute Gasteiger partial charge is 0.312 e. The van der Waals surface area contributed by atoms with E-state index in [1.165, 1.54) is 17.9 Å². The van der Waals surface area contributed by atoms with Crippen molar-refractivity contribution in [2.75, 3.05) is 18.1 Å². The molecule has 1 aromatic carbocycles. The van der Waals surface area contributed by atoms with Crippen LogP contribution in [0.2, 0.25) is 0 Å². The Morgan fingerprint density at radius 3 is 3.06 bits per heavy atom. The minimum Gasteiger partial charge on any atom is -0.312 e. The van der Waals surface area contributed by atoms with Crippen LogP contribution in [0.3, 0.4) is 0 Å². The van der Waals surface area contributed by atoms with Gasteiger partial charge in [0.25, 0.3) is 0 Å². The fourth-order valence-corrected chi connectivity index (χ4v) is 3.20. The molecule has 0 radical (unpaired) electrons. The molecule has 0 saturated carbocycles. The van der Waals surface area contributed by atoms with Gasteiger partial charge in [0, 0.05) is 6.54 Å². The van der Waals surface area contributed by atoms with Gasteiger partial charge in [0.05, 0.1) is 0 Å². The summed E-state index contributed by atoms with van der Waals surface area (Å²) in [6, 6.07) is 5.47. The highest BCUT2D eigenvalue weighted by molar-refractivity contribution is 7.99. The second-order valence-corrected chi connectivity index (χ2v) is 5.59. The predicted molar refractivity (Wildman–Crippen MR) is 68.3 cm³/mol. The van der Waals surface area contributed by atoms with Gasteiger partial charge in [-0.05, 0) is 54.5 Å². The maximum Gasteiger partial charge on any atom is 0.126 e. The lowest BCUT2D eigenvalue weighted by Gasteiger charge is -2.10. The van der Waals surface area contributed by atoms with Gasteiger partial charge >= 0.3 is 0 Å². The van der Waals surface area contributed by atoms with E-state index in [9.17, 15) is 4.39 Å². The number of rotatable bonds is 4. The number of nitrogens with one attached hydrogen (secondary N) is 1. The van der Waals surface area contributed by atoms with Crippen LogP contribution in [0, 0.1) is 18.7 Å². The van der Waals surface area contributed by atoms with Crippen LogP contribution in [0.5, 0.6) is 0 Å². The van der Waals surface area contributed by atoms with Crippen LogP contribution in [0.25, 0.3) is 0 Å². The molecule has 2 rings (SSSR count). The van der Waals surface area contributed by atoms with Crippen molar-refractivity contribution in [1.29, 1.82) is 0 Å². The Balaban J connectivity index is 1.78. The summed E-state index contributed by atoms with van der Waals surface area (Å²) in [6.07, 6.45) is 1.32. The van der Waals surface area contributed by atoms with Gasteiger partial charge in [0.1, 0.15) is 5.82 Å². The third kappa shape index (κ3) is 3.22. The predicted octanol–water partition coefficient (Wildman–Crippen LogP) is 2.98. The molecule has 0 aliphatic carbocycles. The van der Waals surface area contributed by atoms with Crippen molar-refractivity contribution in [3.05, 3.63) is 35.1 Å². The van der Waals surface area contributed by atoms with Gasteiger partial charge in [-0.15, -0.1) is 0 Å². The zero-order valence-corrected chi connectivity index (χ0v) is 10.4. The molecule has 0 aromatic heterocycles. The van der Waals surface area contributed by atoms with E-state index in [1.807, 2.05) is 23.9 Å². The molecule has 1 nitrogen and oxygen atoms in total. The quantitative estimate of drug-likeness (QED) is 0.867. The summed E-state index contributed by atoms with van der Waals surface area (Å²) in [4.78, 5) is 0. The van der Waals surface area contributed by atoms with E-state index >= 15 is 0 Å². The first-order valence-corrected chi connectivity index (χ1v) is 6.94. The average Bonchev–Trinajstić information content (AvgIpc) is 2.76. The van der Waals surface area contributed by atoms with Crippen LogP contribution >= 0.6 is 11.8 Å². The van der Waals surface area contributed by atoms with Crippen LogP contribution < -0.4 is 5.32 Å². The Hall–Kier alpha value is -0.540. The van der Waals surface area contributed by atoms with Crippen molar-refractivity contribution in [2.24, 2.45) is 5.92 Å². The molecular formula is C13H18FNS. The van der Waals surface area contributed by atoms with Crippen LogP contribution in [0.1, 0.15) is 17.5 Å². The fourth-order valence-electron chi connectivity index (χ4n) is 1.91. The molecular weight excluding hydrogens is 221 g/mol. The molecule has 1 heterocycles. The van der Waals surface area contributed by atoms with Gasteiger partial charge < -0.3 is 5.32 Å². The van der Waals surface area contributed by atoms with Crippen LogP contribution in [0.15, 0.2) is 18.2 Å². The van der Waals surface area contributed by atoms with E-state index in [2.05, 4.69) is 5.32 Å². The molecule has 1 atom stereocenters. The number of aryl methyl sites for hydroxylation is 1. The Bertz CT molecular complexity index is 348. The maximum absolute atomic E-state index is 13.3. The van der Waals surface area contributed by atoms with E-state index < -0.39 is 0 Å². The monoisotopic (exact) mass is 239 g/mol. The first-order chi connectivity index (χ1) is 7.75. The summed E-state index contributed by atoms with van der Waals surface area (Å²) in [5, 5.41) is 3.41. The van der Waals surface area contributed by atoms with Gasteiger partial charge in [0.15, 0.2) is 0 Å². The smallest absolute Gasteiger partial charge is 0.126 e. The van der Waals surface area contributed by atoms with Crippen LogP contribution in [-0.2, 0) is 6.54 Å². The normalized spacial score (nSPS) is 20.2. The third-order valence-electron chi connectivity index (χ3n) is 3.02. The van der Waals surface area contributed by atoms with Gasteiger partial charge in [-0.2, -0.15) is 11.8 Å². The lowest BCUT2D eigenvalue weighted by Crippen LogP contribution is -2.22. The lowest BCUT2D eigenvalue weighted by molar-refractivity contribution is 0.522. The van der Waals surface area contributed by atoms with Crippen molar-refractivity contribution >= 4 is 11.8 Å². The molecule has 1 fully saturated rings. The van der Waals surface area contributed by atoms with Gasteiger partial charge in [0.2, 0.25) is 0 Å². The Labute approximate surface area is 101 Å². The average molecular weight is 239 g/mol. The Morgan fingerprint density at radius 2 is 2.38 bits per heavy atom. The molecule has 1 aliphatic rings. The molecule has 16 heavy (non-hydrogen) atoms. The molecule has 0 amide bonds. The van der Waals surface area contributed by atoms with E-state index in [0.717, 1.165) is 30.1 Å². The van der Waals surface area contributed by atoms with Crippen molar-refractivity contribution in [2.45, 2.75) is 19.9 Å². The zero-order chi connectivity index (χ0) is 11.4. The van der Waals surface area contributed by atoms with Crippen molar-refractivity contribution < 1.29 is 4.39 Å². The highest BCUT2D eigenvalue weighted by Crippen LogP contribution is 2.22. The summed E-state index contributed by atoms with van der Waals surface area (Å²) in [6.45, 7) is 3.63. The minimum atomic E-state index is -0.101. The standard InChI is InChI=1S/C13H18FNS/c1-10-2-3-11(6-13(10)14)7-15-8-12-4-5-16-9-12/h2-3,6,12,15H,4-5,7-9H2,1H3. The molecule has 0 spiro atoms. The third-order valence-corrected chi connectivity index (χ3v) is 4.25. The zero-order valence-electron chi connectivity index (χ0n) is 9.63. The molecule has 0 bridgehead atoms. The van der Waals surface area contributed by atoms with Gasteiger partial charge in [-0.3, -0.25) is 0 Å². The second kappa shape index (κ2) is 5.69. The summed E-state index contributed by atoms with van der Waals surface area (Å²) in [5.41, 5.74) is 1.75. The molecule has 88 valence electrons. The van der Waals surface area contributed by atoms with E-state index in [0.29, 0.717) is 0 Å². The molecule has 1 unspecified atom stereocenters. The number of thioether (sulfide) groups is 1. The number of hydrogen-bond donors (Lipinski definition) is 1. The van der Waals surface area contributed by atoms with Gasteiger partial charge in [-0.25, -0.2) is 4.39 Å². The van der Waals surface area contributed by atoms with Crippen LogP contribution in [-0.4, -0.2) is 18.1 Å². The second-order valence-electron chi connectivity index (χ2n) is 4.44. The van der Waals surface area contributed by atoms with Gasteiger partial charge in [-0.1, -0.05) is 12.1 Å². The van der Waals surface area contributed by atoms with E-state index in [-0.39, 0.29) is 5.82 Å². The summed E-state index contributed by atoms with van der Waals surface area (Å²) in [5.74, 6) is 3.27. The number of benzene rings is 1. The summed E-state index contributed by atoms with van der Waals surface area (Å²) < 4.78 is 13.3. The number of halogens is 1. The van der Waals surface area contributed by atoms with Crippen molar-refractivity contribution in [3.63, 3.8) is 0 Å². The lowest BCUT2D eigenvalue weighted by atomic mass is 10.1. The highest BCUT2D eigenvalue weighted by Gasteiger charge is 2.14. The molecule has 1 N–H and O–H groups in total. The molecule has 3 heteroatoms. The first-order valence-electron chi connectivity index (χ1n) is 5.79. The maximum atomic E-state index is 13.3. The molecule has 1 aromatic rings. The minimum absolute atomic E-state index is 0.101. The fraction of sp³-hybridized carbons (Fsp3) is 0.538. The molecule has 1 saturated heterocycles. The Morgan fingerprint density at radius 1 is 1.50 bits per heavy atom. The van der Waals surface area contributed by atoms with Crippen LogP contribution in [0.4, 0.5) is 4.39 Å². The first kappa shape index (κ1) is 11.9. The number of hydrogen-bond acceptors (Lipinski definition) is 2. The summed E-state index contributed by atoms with van der Waals surface area (Å²) >= 11 is 2.03. The Kier molecular flexibility index (Phi) is 4.24. The topological polar surface area (TPSA) is 12.0 Å². The van der Waals surface area contributed by atoms with E-state index in [1.54, 1.807) is 13.0 Å². The SMILES string of the molecule is Cc1ccc(CNCC2CCSC2)cc1F. The molecule has 1 aliphatic heterocycles. The van der Waals surface area contributed by atoms with Crippen molar-refractivity contribution in [3.8, 4) is 0 Å². The summed E-state index contributed by atoms with van der Waals surface area (Å²) in [7, 11) is 0. The van der Waals surface area contributed by atoms with Crippen molar-refractivity contribution in [1.82, 2.24) is 5.32 Å². The van der Waals surface area contributed by atoms with E-state index in [4.69, 9.17) is 0 Å².